The summed E-state index contributed by atoms with van der Waals surface area (Å²) in [6.07, 6.45) is 1.95. The lowest BCUT2D eigenvalue weighted by Crippen LogP contribution is -2.32. The molecule has 2 aromatic carbocycles. The molecule has 4 nitrogen and oxygen atoms in total. The molecule has 2 rings (SSSR count). The highest BCUT2D eigenvalue weighted by Gasteiger charge is 2.13. The van der Waals surface area contributed by atoms with Crippen LogP contribution in [0.3, 0.4) is 0 Å². The van der Waals surface area contributed by atoms with E-state index in [1.165, 1.54) is 18.4 Å². The Kier molecular flexibility index (Phi) is 5.90. The molecular formula is C17H19FN2O2S2. The summed E-state index contributed by atoms with van der Waals surface area (Å²) in [6.45, 7) is 2.00. The van der Waals surface area contributed by atoms with E-state index in [4.69, 9.17) is 12.2 Å². The maximum atomic E-state index is 12.9. The van der Waals surface area contributed by atoms with Crippen LogP contribution in [0.4, 0.5) is 10.1 Å². The second kappa shape index (κ2) is 7.72. The van der Waals surface area contributed by atoms with Crippen LogP contribution in [-0.4, -0.2) is 19.8 Å². The van der Waals surface area contributed by atoms with Gasteiger partial charge in [0, 0.05) is 11.9 Å². The van der Waals surface area contributed by atoms with Gasteiger partial charge in [-0.3, -0.25) is 0 Å². The first-order valence-corrected chi connectivity index (χ1v) is 9.72. The highest BCUT2D eigenvalue weighted by Crippen LogP contribution is 2.19. The van der Waals surface area contributed by atoms with E-state index in [1.807, 2.05) is 6.92 Å². The molecule has 2 N–H and O–H groups in total. The van der Waals surface area contributed by atoms with E-state index in [1.54, 1.807) is 36.4 Å². The van der Waals surface area contributed by atoms with Gasteiger partial charge in [-0.05, 0) is 60.6 Å². The monoisotopic (exact) mass is 366 g/mol. The van der Waals surface area contributed by atoms with Crippen LogP contribution in [0.1, 0.15) is 24.9 Å². The van der Waals surface area contributed by atoms with E-state index in [0.717, 1.165) is 12.0 Å². The molecule has 2 aromatic rings. The number of halogens is 1. The van der Waals surface area contributed by atoms with E-state index in [-0.39, 0.29) is 16.8 Å². The SMILES string of the molecule is CCC(NC(=S)Nc1ccc(F)cc1)c1ccc(S(C)(=O)=O)cc1. The molecule has 7 heteroatoms. The van der Waals surface area contributed by atoms with Gasteiger partial charge in [0.05, 0.1) is 10.9 Å². The van der Waals surface area contributed by atoms with E-state index >= 15 is 0 Å². The fraction of sp³-hybridized carbons (Fsp3) is 0.235. The third-order valence-electron chi connectivity index (χ3n) is 3.53. The Morgan fingerprint density at radius 3 is 2.21 bits per heavy atom. The molecule has 0 amide bonds. The molecule has 24 heavy (non-hydrogen) atoms. The first-order chi connectivity index (χ1) is 11.3. The van der Waals surface area contributed by atoms with Gasteiger partial charge in [0.2, 0.25) is 0 Å². The van der Waals surface area contributed by atoms with Crippen molar-refractivity contribution in [2.75, 3.05) is 11.6 Å². The summed E-state index contributed by atoms with van der Waals surface area (Å²) in [5, 5.41) is 6.60. The summed E-state index contributed by atoms with van der Waals surface area (Å²) in [5.74, 6) is -0.308. The van der Waals surface area contributed by atoms with Gasteiger partial charge < -0.3 is 10.6 Å². The molecule has 0 aromatic heterocycles. The Labute approximate surface area is 147 Å². The first kappa shape index (κ1) is 18.4. The van der Waals surface area contributed by atoms with Gasteiger partial charge in [0.1, 0.15) is 5.82 Å². The molecule has 0 radical (unpaired) electrons. The van der Waals surface area contributed by atoms with E-state index in [9.17, 15) is 12.8 Å². The third kappa shape index (κ3) is 5.01. The van der Waals surface area contributed by atoms with Crippen molar-refractivity contribution >= 4 is 32.9 Å². The quantitative estimate of drug-likeness (QED) is 0.791. The molecule has 0 bridgehead atoms. The lowest BCUT2D eigenvalue weighted by molar-refractivity contribution is 0.601. The van der Waals surface area contributed by atoms with Crippen molar-refractivity contribution < 1.29 is 12.8 Å². The van der Waals surface area contributed by atoms with Crippen molar-refractivity contribution in [2.24, 2.45) is 0 Å². The van der Waals surface area contributed by atoms with Gasteiger partial charge in [-0.1, -0.05) is 19.1 Å². The van der Waals surface area contributed by atoms with Crippen molar-refractivity contribution in [3.63, 3.8) is 0 Å². The highest BCUT2D eigenvalue weighted by atomic mass is 32.2. The predicted molar refractivity (Wildman–Crippen MR) is 98.3 cm³/mol. The van der Waals surface area contributed by atoms with Gasteiger partial charge >= 0.3 is 0 Å². The normalized spacial score (nSPS) is 12.5. The van der Waals surface area contributed by atoms with Crippen molar-refractivity contribution in [3.05, 3.63) is 59.9 Å². The molecule has 0 aliphatic heterocycles. The number of hydrogen-bond donors (Lipinski definition) is 2. The van der Waals surface area contributed by atoms with Crippen LogP contribution in [0, 0.1) is 5.82 Å². The molecule has 1 atom stereocenters. The number of anilines is 1. The number of sulfone groups is 1. The number of benzene rings is 2. The maximum absolute atomic E-state index is 12.9. The van der Waals surface area contributed by atoms with Crippen LogP contribution >= 0.6 is 12.2 Å². The van der Waals surface area contributed by atoms with E-state index in [2.05, 4.69) is 10.6 Å². The summed E-state index contributed by atoms with van der Waals surface area (Å²) in [7, 11) is -3.21. The van der Waals surface area contributed by atoms with Gasteiger partial charge in [-0.15, -0.1) is 0 Å². The third-order valence-corrected chi connectivity index (χ3v) is 4.87. The topological polar surface area (TPSA) is 58.2 Å². The van der Waals surface area contributed by atoms with Crippen molar-refractivity contribution in [2.45, 2.75) is 24.3 Å². The molecular weight excluding hydrogens is 347 g/mol. The molecule has 0 fully saturated rings. The van der Waals surface area contributed by atoms with E-state index < -0.39 is 9.84 Å². The first-order valence-electron chi connectivity index (χ1n) is 7.42. The molecule has 0 heterocycles. The van der Waals surface area contributed by atoms with Crippen LogP contribution in [0.15, 0.2) is 53.4 Å². The fourth-order valence-electron chi connectivity index (χ4n) is 2.23. The van der Waals surface area contributed by atoms with Crippen LogP contribution in [0.2, 0.25) is 0 Å². The zero-order chi connectivity index (χ0) is 17.7. The fourth-order valence-corrected chi connectivity index (χ4v) is 3.12. The van der Waals surface area contributed by atoms with E-state index in [0.29, 0.717) is 10.8 Å². The molecule has 128 valence electrons. The standard InChI is InChI=1S/C17H19FN2O2S2/c1-3-16(12-4-10-15(11-5-12)24(2,21)22)20-17(23)19-14-8-6-13(18)7-9-14/h4-11,16H,3H2,1-2H3,(H2,19,20,23). The Balaban J connectivity index is 2.05. The summed E-state index contributed by atoms with van der Waals surface area (Å²) < 4.78 is 35.9. The van der Waals surface area contributed by atoms with Gasteiger partial charge in [0.25, 0.3) is 0 Å². The minimum Gasteiger partial charge on any atom is -0.356 e. The summed E-state index contributed by atoms with van der Waals surface area (Å²) in [5.41, 5.74) is 1.63. The smallest absolute Gasteiger partial charge is 0.175 e. The lowest BCUT2D eigenvalue weighted by atomic mass is 10.1. The zero-order valence-corrected chi connectivity index (χ0v) is 15.0. The Bertz CT molecular complexity index is 803. The predicted octanol–water partition coefficient (Wildman–Crippen LogP) is 3.67. The molecule has 0 saturated heterocycles. The van der Waals surface area contributed by atoms with Crippen molar-refractivity contribution in [1.29, 1.82) is 0 Å². The Morgan fingerprint density at radius 2 is 1.71 bits per heavy atom. The number of rotatable bonds is 5. The Morgan fingerprint density at radius 1 is 1.12 bits per heavy atom. The zero-order valence-electron chi connectivity index (χ0n) is 13.4. The summed E-state index contributed by atoms with van der Waals surface area (Å²) in [6, 6.07) is 12.6. The summed E-state index contributed by atoms with van der Waals surface area (Å²) >= 11 is 5.28. The van der Waals surface area contributed by atoms with Crippen molar-refractivity contribution in [3.8, 4) is 0 Å². The second-order valence-corrected chi connectivity index (χ2v) is 7.83. The second-order valence-electron chi connectivity index (χ2n) is 5.41. The Hall–Kier alpha value is -1.99. The number of thiocarbonyl (C=S) groups is 1. The van der Waals surface area contributed by atoms with Crippen LogP contribution < -0.4 is 10.6 Å². The highest BCUT2D eigenvalue weighted by molar-refractivity contribution is 7.90. The maximum Gasteiger partial charge on any atom is 0.175 e. The number of nitrogens with one attached hydrogen (secondary N) is 2. The average molecular weight is 366 g/mol. The van der Waals surface area contributed by atoms with Crippen LogP contribution in [0.25, 0.3) is 0 Å². The van der Waals surface area contributed by atoms with Crippen LogP contribution in [-0.2, 0) is 9.84 Å². The minimum absolute atomic E-state index is 0.0564. The minimum atomic E-state index is -3.21. The van der Waals surface area contributed by atoms with Gasteiger partial charge in [0.15, 0.2) is 14.9 Å². The molecule has 0 saturated carbocycles. The molecule has 0 aliphatic carbocycles. The van der Waals surface area contributed by atoms with Gasteiger partial charge in [-0.2, -0.15) is 0 Å². The van der Waals surface area contributed by atoms with Crippen LogP contribution in [0.5, 0.6) is 0 Å². The largest absolute Gasteiger partial charge is 0.356 e. The molecule has 0 spiro atoms. The molecule has 1 unspecified atom stereocenters. The summed E-state index contributed by atoms with van der Waals surface area (Å²) in [4.78, 5) is 0.285. The number of hydrogen-bond acceptors (Lipinski definition) is 3. The average Bonchev–Trinajstić information content (AvgIpc) is 2.54. The molecule has 0 aliphatic rings. The van der Waals surface area contributed by atoms with Crippen molar-refractivity contribution in [1.82, 2.24) is 5.32 Å². The lowest BCUT2D eigenvalue weighted by Gasteiger charge is -2.20. The van der Waals surface area contributed by atoms with Gasteiger partial charge in [-0.25, -0.2) is 12.8 Å².